The highest BCUT2D eigenvalue weighted by Gasteiger charge is 2.30. The molecule has 0 radical (unpaired) electrons. The summed E-state index contributed by atoms with van der Waals surface area (Å²) in [5, 5.41) is 2.59. The number of amides is 1. The summed E-state index contributed by atoms with van der Waals surface area (Å²) in [6.45, 7) is 2.05. The minimum atomic E-state index is -4.42. The van der Waals surface area contributed by atoms with Crippen LogP contribution in [0, 0.1) is 0 Å². The summed E-state index contributed by atoms with van der Waals surface area (Å²) >= 11 is 0. The maximum atomic E-state index is 12.0. The number of nitrogens with one attached hydrogen (secondary N) is 1. The van der Waals surface area contributed by atoms with Crippen molar-refractivity contribution < 1.29 is 18.0 Å². The van der Waals surface area contributed by atoms with Crippen LogP contribution in [0.2, 0.25) is 0 Å². The van der Waals surface area contributed by atoms with Crippen LogP contribution >= 0.6 is 0 Å². The zero-order chi connectivity index (χ0) is 13.5. The van der Waals surface area contributed by atoms with Crippen molar-refractivity contribution in [3.8, 4) is 0 Å². The van der Waals surface area contributed by atoms with Gasteiger partial charge in [0.1, 0.15) is 13.1 Å². The van der Waals surface area contributed by atoms with E-state index in [1.54, 1.807) is 0 Å². The highest BCUT2D eigenvalue weighted by Crippen LogP contribution is 2.15. The monoisotopic (exact) mass is 252 g/mol. The summed E-state index contributed by atoms with van der Waals surface area (Å²) in [7, 11) is 1.05. The van der Waals surface area contributed by atoms with E-state index in [9.17, 15) is 18.0 Å². The van der Waals surface area contributed by atoms with Crippen LogP contribution in [-0.4, -0.2) is 49.6 Å². The van der Waals surface area contributed by atoms with E-state index in [1.807, 2.05) is 0 Å². The quantitative estimate of drug-likeness (QED) is 0.414. The molecule has 0 saturated heterocycles. The van der Waals surface area contributed by atoms with Gasteiger partial charge < -0.3 is 16.0 Å². The third-order valence-electron chi connectivity index (χ3n) is 1.65. The number of carbonyl (C=O) groups excluding carboxylic acids is 1. The fraction of sp³-hybridized carbons (Fsp3) is 0.556. The molecule has 0 atom stereocenters. The number of likely N-dealkylation sites (N-methyl/N-ethyl adjacent to an activating group) is 1. The van der Waals surface area contributed by atoms with E-state index >= 15 is 0 Å². The maximum absolute atomic E-state index is 12.0. The molecular weight excluding hydrogens is 237 g/mol. The average molecular weight is 252 g/mol. The number of carbonyl (C=O) groups is 1. The summed E-state index contributed by atoms with van der Waals surface area (Å²) in [5.41, 5.74) is 5.33. The van der Waals surface area contributed by atoms with Gasteiger partial charge in [-0.2, -0.15) is 13.2 Å². The van der Waals surface area contributed by atoms with Gasteiger partial charge in [-0.15, -0.1) is 6.58 Å². The highest BCUT2D eigenvalue weighted by molar-refractivity contribution is 5.83. The number of rotatable bonds is 5. The molecule has 0 spiro atoms. The lowest BCUT2D eigenvalue weighted by molar-refractivity contribution is -0.157. The van der Waals surface area contributed by atoms with Crippen LogP contribution in [-0.2, 0) is 4.79 Å². The molecule has 0 aromatic carbocycles. The Morgan fingerprint density at radius 1 is 1.59 bits per heavy atom. The Kier molecular flexibility index (Phi) is 6.08. The molecule has 1 amide bonds. The fourth-order valence-corrected chi connectivity index (χ4v) is 0.863. The smallest absolute Gasteiger partial charge is 0.370 e. The molecule has 0 aromatic rings. The van der Waals surface area contributed by atoms with Crippen molar-refractivity contribution in [3.05, 3.63) is 12.7 Å². The van der Waals surface area contributed by atoms with Crippen molar-refractivity contribution in [1.29, 1.82) is 0 Å². The van der Waals surface area contributed by atoms with Gasteiger partial charge in [0, 0.05) is 13.6 Å². The summed E-state index contributed by atoms with van der Waals surface area (Å²) in [6.07, 6.45) is -2.89. The van der Waals surface area contributed by atoms with Gasteiger partial charge in [0.2, 0.25) is 5.91 Å². The van der Waals surface area contributed by atoms with Crippen LogP contribution in [0.3, 0.4) is 0 Å². The number of hydrogen-bond donors (Lipinski definition) is 2. The standard InChI is InChI=1S/C9H15F3N4O/c1-3-4-14-8(13)15-5-7(17)16(2)6-9(10,11)12/h3H,1,4-6H2,2H3,(H3,13,14,15). The molecule has 17 heavy (non-hydrogen) atoms. The summed E-state index contributed by atoms with van der Waals surface area (Å²) in [6, 6.07) is 0. The topological polar surface area (TPSA) is 70.7 Å². The van der Waals surface area contributed by atoms with Crippen molar-refractivity contribution in [3.63, 3.8) is 0 Å². The molecule has 0 aliphatic carbocycles. The van der Waals surface area contributed by atoms with E-state index < -0.39 is 25.2 Å². The van der Waals surface area contributed by atoms with Crippen molar-refractivity contribution in [2.45, 2.75) is 6.18 Å². The first-order chi connectivity index (χ1) is 7.76. The number of alkyl halides is 3. The van der Waals surface area contributed by atoms with Gasteiger partial charge in [-0.3, -0.25) is 4.79 Å². The molecule has 0 unspecified atom stereocenters. The van der Waals surface area contributed by atoms with Gasteiger partial charge in [-0.1, -0.05) is 6.08 Å². The molecule has 0 rings (SSSR count). The number of nitrogens with zero attached hydrogens (tertiary/aromatic N) is 2. The average Bonchev–Trinajstić information content (AvgIpc) is 2.20. The second-order valence-electron chi connectivity index (χ2n) is 3.24. The lowest BCUT2D eigenvalue weighted by atomic mass is 10.5. The third kappa shape index (κ3) is 8.12. The maximum Gasteiger partial charge on any atom is 0.406 e. The molecule has 0 bridgehead atoms. The molecule has 0 aliphatic heterocycles. The van der Waals surface area contributed by atoms with Crippen LogP contribution in [0.25, 0.3) is 0 Å². The number of aliphatic imine (C=N–C) groups is 1. The number of nitrogens with two attached hydrogens (primary N) is 1. The fourth-order valence-electron chi connectivity index (χ4n) is 0.863. The van der Waals surface area contributed by atoms with Gasteiger partial charge in [0.15, 0.2) is 5.96 Å². The largest absolute Gasteiger partial charge is 0.406 e. The predicted octanol–water partition coefficient (Wildman–Crippen LogP) is 0.0974. The van der Waals surface area contributed by atoms with Crippen LogP contribution in [0.1, 0.15) is 0 Å². The van der Waals surface area contributed by atoms with E-state index in [4.69, 9.17) is 5.73 Å². The molecule has 98 valence electrons. The van der Waals surface area contributed by atoms with Gasteiger partial charge in [-0.25, -0.2) is 4.99 Å². The molecule has 0 fully saturated rings. The third-order valence-corrected chi connectivity index (χ3v) is 1.65. The van der Waals surface area contributed by atoms with E-state index in [0.717, 1.165) is 7.05 Å². The predicted molar refractivity (Wildman–Crippen MR) is 58.4 cm³/mol. The number of halogens is 3. The molecule has 0 aromatic heterocycles. The van der Waals surface area contributed by atoms with Gasteiger partial charge >= 0.3 is 6.18 Å². The van der Waals surface area contributed by atoms with Crippen LogP contribution in [0.5, 0.6) is 0 Å². The molecular formula is C9H15F3N4O. The van der Waals surface area contributed by atoms with Crippen molar-refractivity contribution >= 4 is 11.9 Å². The minimum absolute atomic E-state index is 0.0151. The minimum Gasteiger partial charge on any atom is -0.370 e. The van der Waals surface area contributed by atoms with E-state index in [2.05, 4.69) is 16.9 Å². The molecule has 5 nitrogen and oxygen atoms in total. The van der Waals surface area contributed by atoms with Crippen LogP contribution in [0.4, 0.5) is 13.2 Å². The number of guanidine groups is 1. The zero-order valence-corrected chi connectivity index (χ0v) is 9.42. The summed E-state index contributed by atoms with van der Waals surface area (Å²) in [4.78, 5) is 15.3. The van der Waals surface area contributed by atoms with Gasteiger partial charge in [0.25, 0.3) is 0 Å². The van der Waals surface area contributed by atoms with Crippen LogP contribution < -0.4 is 11.1 Å². The number of hydrogen-bond acceptors (Lipinski definition) is 2. The van der Waals surface area contributed by atoms with E-state index in [-0.39, 0.29) is 5.96 Å². The van der Waals surface area contributed by atoms with Crippen LogP contribution in [0.15, 0.2) is 17.6 Å². The van der Waals surface area contributed by atoms with Gasteiger partial charge in [0.05, 0.1) is 0 Å². The van der Waals surface area contributed by atoms with Gasteiger partial charge in [-0.05, 0) is 0 Å². The first kappa shape index (κ1) is 15.3. The van der Waals surface area contributed by atoms with E-state index in [0.29, 0.717) is 11.4 Å². The lowest BCUT2D eigenvalue weighted by Gasteiger charge is -2.17. The normalized spacial score (nSPS) is 12.1. The molecule has 0 heterocycles. The Balaban J connectivity index is 4.12. The Morgan fingerprint density at radius 3 is 2.65 bits per heavy atom. The second-order valence-corrected chi connectivity index (χ2v) is 3.24. The molecule has 8 heteroatoms. The van der Waals surface area contributed by atoms with Crippen molar-refractivity contribution in [2.75, 3.05) is 26.7 Å². The first-order valence-corrected chi connectivity index (χ1v) is 4.71. The molecule has 0 aliphatic rings. The Hall–Kier alpha value is -1.73. The first-order valence-electron chi connectivity index (χ1n) is 4.71. The Bertz CT molecular complexity index is 301. The SMILES string of the molecule is C=CCNC(N)=NCC(=O)N(C)CC(F)(F)F. The Labute approximate surface area is 97.2 Å². The Morgan fingerprint density at radius 2 is 2.18 bits per heavy atom. The summed E-state index contributed by atoms with van der Waals surface area (Å²) < 4.78 is 35.9. The summed E-state index contributed by atoms with van der Waals surface area (Å²) in [5.74, 6) is -0.774. The highest BCUT2D eigenvalue weighted by atomic mass is 19.4. The lowest BCUT2D eigenvalue weighted by Crippen LogP contribution is -2.38. The van der Waals surface area contributed by atoms with E-state index in [1.165, 1.54) is 6.08 Å². The van der Waals surface area contributed by atoms with Crippen molar-refractivity contribution in [2.24, 2.45) is 10.7 Å². The molecule has 0 saturated carbocycles. The van der Waals surface area contributed by atoms with Crippen molar-refractivity contribution in [1.82, 2.24) is 10.2 Å². The molecule has 3 N–H and O–H groups in total. The second kappa shape index (κ2) is 6.77. The zero-order valence-electron chi connectivity index (χ0n) is 9.42.